The van der Waals surface area contributed by atoms with Crippen LogP contribution in [-0.4, -0.2) is 48.1 Å². The maximum absolute atomic E-state index is 12.3. The summed E-state index contributed by atoms with van der Waals surface area (Å²) in [5.41, 5.74) is 0.522. The van der Waals surface area contributed by atoms with Crippen molar-refractivity contribution in [2.75, 3.05) is 25.6 Å². The highest BCUT2D eigenvalue weighted by atomic mass is 16.5. The second-order valence-corrected chi connectivity index (χ2v) is 5.35. The number of aliphatic hydroxyl groups is 1. The molecule has 2 amide bonds. The molecule has 0 aliphatic carbocycles. The van der Waals surface area contributed by atoms with E-state index in [2.05, 4.69) is 5.32 Å². The summed E-state index contributed by atoms with van der Waals surface area (Å²) in [7, 11) is 1.54. The lowest BCUT2D eigenvalue weighted by Gasteiger charge is -2.35. The highest BCUT2D eigenvalue weighted by Crippen LogP contribution is 2.21. The van der Waals surface area contributed by atoms with Crippen LogP contribution in [-0.2, 0) is 9.59 Å². The number of aliphatic hydroxyl groups excluding tert-OH is 1. The fourth-order valence-corrected chi connectivity index (χ4v) is 2.73. The zero-order valence-corrected chi connectivity index (χ0v) is 12.7. The predicted molar refractivity (Wildman–Crippen MR) is 82.7 cm³/mol. The van der Waals surface area contributed by atoms with Crippen molar-refractivity contribution in [1.29, 1.82) is 0 Å². The molecule has 2 N–H and O–H groups in total. The first-order valence-electron chi connectivity index (χ1n) is 7.52. The van der Waals surface area contributed by atoms with Gasteiger partial charge in [-0.25, -0.2) is 0 Å². The average Bonchev–Trinajstić information content (AvgIpc) is 2.55. The molecule has 2 rings (SSSR count). The normalized spacial score (nSPS) is 17.9. The highest BCUT2D eigenvalue weighted by molar-refractivity contribution is 6.39. The van der Waals surface area contributed by atoms with E-state index in [9.17, 15) is 9.59 Å². The van der Waals surface area contributed by atoms with Gasteiger partial charge in [0, 0.05) is 30.9 Å². The number of likely N-dealkylation sites (tertiary alicyclic amines) is 1. The molecule has 1 unspecified atom stereocenters. The summed E-state index contributed by atoms with van der Waals surface area (Å²) < 4.78 is 5.09. The van der Waals surface area contributed by atoms with Gasteiger partial charge in [-0.3, -0.25) is 9.59 Å². The Labute approximate surface area is 130 Å². The van der Waals surface area contributed by atoms with Gasteiger partial charge in [-0.2, -0.15) is 0 Å². The molecule has 0 saturated carbocycles. The van der Waals surface area contributed by atoms with E-state index in [1.165, 1.54) is 0 Å². The molecule has 120 valence electrons. The Morgan fingerprint density at radius 3 is 2.95 bits per heavy atom. The van der Waals surface area contributed by atoms with Crippen LogP contribution in [0.3, 0.4) is 0 Å². The highest BCUT2D eigenvalue weighted by Gasteiger charge is 2.30. The summed E-state index contributed by atoms with van der Waals surface area (Å²) in [6.45, 7) is 0.584. The molecule has 1 atom stereocenters. The molecule has 1 aromatic carbocycles. The number of anilines is 1. The van der Waals surface area contributed by atoms with Crippen LogP contribution in [0.2, 0.25) is 0 Å². The van der Waals surface area contributed by atoms with E-state index in [0.29, 0.717) is 24.4 Å². The predicted octanol–water partition coefficient (Wildman–Crippen LogP) is 1.40. The van der Waals surface area contributed by atoms with Crippen LogP contribution in [0, 0.1) is 0 Å². The summed E-state index contributed by atoms with van der Waals surface area (Å²) in [6, 6.07) is 6.82. The molecule has 0 radical (unpaired) electrons. The van der Waals surface area contributed by atoms with Gasteiger partial charge in [0.05, 0.1) is 7.11 Å². The second kappa shape index (κ2) is 7.79. The minimum Gasteiger partial charge on any atom is -0.497 e. The average molecular weight is 306 g/mol. The van der Waals surface area contributed by atoms with Crippen molar-refractivity contribution >= 4 is 17.5 Å². The van der Waals surface area contributed by atoms with Crippen molar-refractivity contribution in [3.05, 3.63) is 24.3 Å². The lowest BCUT2D eigenvalue weighted by Crippen LogP contribution is -2.48. The fraction of sp³-hybridized carbons (Fsp3) is 0.500. The maximum atomic E-state index is 12.3. The Kier molecular flexibility index (Phi) is 5.77. The van der Waals surface area contributed by atoms with Crippen LogP contribution < -0.4 is 10.1 Å². The van der Waals surface area contributed by atoms with Crippen LogP contribution in [0.25, 0.3) is 0 Å². The van der Waals surface area contributed by atoms with Crippen molar-refractivity contribution in [3.63, 3.8) is 0 Å². The van der Waals surface area contributed by atoms with E-state index < -0.39 is 11.8 Å². The quantitative estimate of drug-likeness (QED) is 0.824. The molecule has 1 fully saturated rings. The second-order valence-electron chi connectivity index (χ2n) is 5.35. The Bertz CT molecular complexity index is 531. The molecule has 1 saturated heterocycles. The van der Waals surface area contributed by atoms with Crippen molar-refractivity contribution in [2.24, 2.45) is 0 Å². The van der Waals surface area contributed by atoms with E-state index in [1.54, 1.807) is 36.3 Å². The lowest BCUT2D eigenvalue weighted by atomic mass is 9.99. The summed E-state index contributed by atoms with van der Waals surface area (Å²) >= 11 is 0. The number of nitrogens with zero attached hydrogens (tertiary/aromatic N) is 1. The van der Waals surface area contributed by atoms with E-state index in [4.69, 9.17) is 9.84 Å². The van der Waals surface area contributed by atoms with Gasteiger partial charge in [-0.1, -0.05) is 6.07 Å². The molecule has 0 bridgehead atoms. The van der Waals surface area contributed by atoms with Gasteiger partial charge in [-0.05, 0) is 37.8 Å². The SMILES string of the molecule is COc1cccc(NC(=O)C(=O)N2CCCCC2CCO)c1. The minimum atomic E-state index is -0.655. The first kappa shape index (κ1) is 16.3. The number of nitrogens with one attached hydrogen (secondary N) is 1. The first-order valence-corrected chi connectivity index (χ1v) is 7.52. The third-order valence-electron chi connectivity index (χ3n) is 3.87. The largest absolute Gasteiger partial charge is 0.497 e. The third-order valence-corrected chi connectivity index (χ3v) is 3.87. The Hall–Kier alpha value is -2.08. The van der Waals surface area contributed by atoms with Gasteiger partial charge in [0.25, 0.3) is 0 Å². The van der Waals surface area contributed by atoms with E-state index >= 15 is 0 Å². The van der Waals surface area contributed by atoms with Crippen molar-refractivity contribution in [1.82, 2.24) is 4.90 Å². The molecule has 1 aromatic rings. The van der Waals surface area contributed by atoms with E-state index in [1.807, 2.05) is 0 Å². The number of methoxy groups -OCH3 is 1. The smallest absolute Gasteiger partial charge is 0.313 e. The molecule has 6 nitrogen and oxygen atoms in total. The molecule has 1 aliphatic rings. The number of rotatable bonds is 4. The summed E-state index contributed by atoms with van der Waals surface area (Å²) in [6.07, 6.45) is 3.25. The standard InChI is InChI=1S/C16H22N2O4/c1-22-14-7-4-5-12(11-14)17-15(20)16(21)18-9-3-2-6-13(18)8-10-19/h4-5,7,11,13,19H,2-3,6,8-10H2,1H3,(H,17,20). The van der Waals surface area contributed by atoms with Crippen LogP contribution in [0.1, 0.15) is 25.7 Å². The molecule has 22 heavy (non-hydrogen) atoms. The third kappa shape index (κ3) is 3.98. The zero-order valence-electron chi connectivity index (χ0n) is 12.7. The number of amides is 2. The van der Waals surface area contributed by atoms with Gasteiger partial charge in [0.1, 0.15) is 5.75 Å². The van der Waals surface area contributed by atoms with E-state index in [-0.39, 0.29) is 12.6 Å². The topological polar surface area (TPSA) is 78.9 Å². The number of carbonyl (C=O) groups is 2. The summed E-state index contributed by atoms with van der Waals surface area (Å²) in [5.74, 6) is -0.583. The maximum Gasteiger partial charge on any atom is 0.313 e. The zero-order chi connectivity index (χ0) is 15.9. The Morgan fingerprint density at radius 2 is 2.23 bits per heavy atom. The van der Waals surface area contributed by atoms with Crippen LogP contribution >= 0.6 is 0 Å². The number of hydrogen-bond acceptors (Lipinski definition) is 4. The summed E-state index contributed by atoms with van der Waals surface area (Å²) in [4.78, 5) is 26.1. The van der Waals surface area contributed by atoms with Crippen LogP contribution in [0.4, 0.5) is 5.69 Å². The number of ether oxygens (including phenoxy) is 1. The lowest BCUT2D eigenvalue weighted by molar-refractivity contribution is -0.146. The van der Waals surface area contributed by atoms with Crippen LogP contribution in [0.15, 0.2) is 24.3 Å². The molecule has 0 spiro atoms. The monoisotopic (exact) mass is 306 g/mol. The van der Waals surface area contributed by atoms with Crippen molar-refractivity contribution in [3.8, 4) is 5.75 Å². The van der Waals surface area contributed by atoms with E-state index in [0.717, 1.165) is 19.3 Å². The molecule has 1 aliphatic heterocycles. The van der Waals surface area contributed by atoms with Crippen molar-refractivity contribution < 1.29 is 19.4 Å². The summed E-state index contributed by atoms with van der Waals surface area (Å²) in [5, 5.41) is 11.7. The number of benzene rings is 1. The first-order chi connectivity index (χ1) is 10.7. The van der Waals surface area contributed by atoms with Crippen LogP contribution in [0.5, 0.6) is 5.75 Å². The van der Waals surface area contributed by atoms with Gasteiger partial charge >= 0.3 is 11.8 Å². The Morgan fingerprint density at radius 1 is 1.41 bits per heavy atom. The minimum absolute atomic E-state index is 0.0198. The van der Waals surface area contributed by atoms with Gasteiger partial charge in [0.15, 0.2) is 0 Å². The molecule has 1 heterocycles. The fourth-order valence-electron chi connectivity index (χ4n) is 2.73. The van der Waals surface area contributed by atoms with Gasteiger partial charge < -0.3 is 20.1 Å². The number of carbonyl (C=O) groups excluding carboxylic acids is 2. The Balaban J connectivity index is 2.02. The van der Waals surface area contributed by atoms with Crippen molar-refractivity contribution in [2.45, 2.75) is 31.7 Å². The van der Waals surface area contributed by atoms with Gasteiger partial charge in [0.2, 0.25) is 0 Å². The molecular formula is C16H22N2O4. The molecule has 0 aromatic heterocycles. The number of hydrogen-bond donors (Lipinski definition) is 2. The number of piperidine rings is 1. The molecular weight excluding hydrogens is 284 g/mol. The van der Waals surface area contributed by atoms with Gasteiger partial charge in [-0.15, -0.1) is 0 Å². The molecule has 6 heteroatoms.